The van der Waals surface area contributed by atoms with Gasteiger partial charge in [0.05, 0.1) is 17.1 Å². The standard InChI is InChI=1S/C15H15N3O2S/c1-18-14(8-9-16-18)11-17-21(19,20)15-7-6-12-4-2-3-5-13(12)10-15/h2-10,17H,11H2,1H3. The van der Waals surface area contributed by atoms with Crippen LogP contribution in [0.15, 0.2) is 59.6 Å². The van der Waals surface area contributed by atoms with Crippen LogP contribution in [0.1, 0.15) is 5.69 Å². The maximum atomic E-state index is 12.3. The van der Waals surface area contributed by atoms with Gasteiger partial charge in [-0.1, -0.05) is 30.3 Å². The number of nitrogens with one attached hydrogen (secondary N) is 1. The van der Waals surface area contributed by atoms with Crippen LogP contribution >= 0.6 is 0 Å². The highest BCUT2D eigenvalue weighted by atomic mass is 32.2. The number of aromatic nitrogens is 2. The minimum Gasteiger partial charge on any atom is -0.271 e. The molecule has 0 unspecified atom stereocenters. The highest BCUT2D eigenvalue weighted by Crippen LogP contribution is 2.19. The molecule has 0 fully saturated rings. The van der Waals surface area contributed by atoms with Gasteiger partial charge in [0.2, 0.25) is 10.0 Å². The molecule has 0 aliphatic rings. The lowest BCUT2D eigenvalue weighted by molar-refractivity contribution is 0.577. The number of benzene rings is 2. The molecule has 0 bridgehead atoms. The van der Waals surface area contributed by atoms with Crippen molar-refractivity contribution in [3.63, 3.8) is 0 Å². The van der Waals surface area contributed by atoms with Gasteiger partial charge in [0, 0.05) is 13.2 Å². The smallest absolute Gasteiger partial charge is 0.240 e. The van der Waals surface area contributed by atoms with Crippen molar-refractivity contribution >= 4 is 20.8 Å². The van der Waals surface area contributed by atoms with Crippen LogP contribution < -0.4 is 4.72 Å². The maximum Gasteiger partial charge on any atom is 0.240 e. The zero-order chi connectivity index (χ0) is 14.9. The van der Waals surface area contributed by atoms with Gasteiger partial charge in [0.15, 0.2) is 0 Å². The number of aryl methyl sites for hydroxylation is 1. The topological polar surface area (TPSA) is 64.0 Å². The van der Waals surface area contributed by atoms with E-state index < -0.39 is 10.0 Å². The Morgan fingerprint density at radius 3 is 2.57 bits per heavy atom. The van der Waals surface area contributed by atoms with E-state index in [1.807, 2.05) is 30.3 Å². The summed E-state index contributed by atoms with van der Waals surface area (Å²) in [6, 6.07) is 14.6. The average molecular weight is 301 g/mol. The third-order valence-electron chi connectivity index (χ3n) is 3.40. The molecule has 0 saturated heterocycles. The molecule has 3 aromatic rings. The Bertz CT molecular complexity index is 885. The molecule has 0 saturated carbocycles. The van der Waals surface area contributed by atoms with Gasteiger partial charge < -0.3 is 0 Å². The van der Waals surface area contributed by atoms with Crippen molar-refractivity contribution < 1.29 is 8.42 Å². The van der Waals surface area contributed by atoms with Crippen molar-refractivity contribution in [3.8, 4) is 0 Å². The molecule has 1 N–H and O–H groups in total. The summed E-state index contributed by atoms with van der Waals surface area (Å²) < 4.78 is 28.9. The Morgan fingerprint density at radius 1 is 1.10 bits per heavy atom. The first kappa shape index (κ1) is 13.8. The lowest BCUT2D eigenvalue weighted by Gasteiger charge is -2.08. The summed E-state index contributed by atoms with van der Waals surface area (Å²) in [6.45, 7) is 0.214. The van der Waals surface area contributed by atoms with Crippen LogP contribution in [-0.2, 0) is 23.6 Å². The van der Waals surface area contributed by atoms with E-state index in [9.17, 15) is 8.42 Å². The molecule has 0 atom stereocenters. The van der Waals surface area contributed by atoms with Crippen LogP contribution in [0.25, 0.3) is 10.8 Å². The van der Waals surface area contributed by atoms with Crippen molar-refractivity contribution in [2.24, 2.45) is 7.05 Å². The molecule has 0 aliphatic heterocycles. The fraction of sp³-hybridized carbons (Fsp3) is 0.133. The van der Waals surface area contributed by atoms with Gasteiger partial charge >= 0.3 is 0 Å². The highest BCUT2D eigenvalue weighted by molar-refractivity contribution is 7.89. The predicted octanol–water partition coefficient (Wildman–Crippen LogP) is 2.05. The molecule has 21 heavy (non-hydrogen) atoms. The monoisotopic (exact) mass is 301 g/mol. The Balaban J connectivity index is 1.87. The Hall–Kier alpha value is -2.18. The minimum absolute atomic E-state index is 0.214. The quantitative estimate of drug-likeness (QED) is 0.802. The summed E-state index contributed by atoms with van der Waals surface area (Å²) in [4.78, 5) is 0.267. The second-order valence-corrected chi connectivity index (χ2v) is 6.55. The molecule has 6 heteroatoms. The third-order valence-corrected chi connectivity index (χ3v) is 4.80. The molecule has 3 rings (SSSR count). The van der Waals surface area contributed by atoms with Crippen molar-refractivity contribution in [1.29, 1.82) is 0 Å². The fourth-order valence-electron chi connectivity index (χ4n) is 2.16. The molecule has 2 aromatic carbocycles. The van der Waals surface area contributed by atoms with E-state index in [1.54, 1.807) is 36.1 Å². The molecule has 1 heterocycles. The predicted molar refractivity (Wildman–Crippen MR) is 81.2 cm³/mol. The first-order valence-electron chi connectivity index (χ1n) is 6.52. The van der Waals surface area contributed by atoms with E-state index in [1.165, 1.54) is 0 Å². The van der Waals surface area contributed by atoms with Gasteiger partial charge in [-0.05, 0) is 29.0 Å². The summed E-state index contributed by atoms with van der Waals surface area (Å²) in [5, 5.41) is 5.93. The summed E-state index contributed by atoms with van der Waals surface area (Å²) in [5.41, 5.74) is 0.805. The molecule has 0 spiro atoms. The largest absolute Gasteiger partial charge is 0.271 e. The lowest BCUT2D eigenvalue weighted by atomic mass is 10.1. The van der Waals surface area contributed by atoms with Crippen molar-refractivity contribution in [3.05, 3.63) is 60.4 Å². The Labute approximate surface area is 123 Å². The summed E-state index contributed by atoms with van der Waals surface area (Å²) in [5.74, 6) is 0. The Kier molecular flexibility index (Phi) is 3.48. The molecule has 1 aromatic heterocycles. The van der Waals surface area contributed by atoms with E-state index in [4.69, 9.17) is 0 Å². The van der Waals surface area contributed by atoms with Crippen molar-refractivity contribution in [2.45, 2.75) is 11.4 Å². The highest BCUT2D eigenvalue weighted by Gasteiger charge is 2.14. The number of hydrogen-bond acceptors (Lipinski definition) is 3. The number of fused-ring (bicyclic) bond motifs is 1. The van der Waals surface area contributed by atoms with Gasteiger partial charge in [0.25, 0.3) is 0 Å². The SMILES string of the molecule is Cn1nccc1CNS(=O)(=O)c1ccc2ccccc2c1. The van der Waals surface area contributed by atoms with Gasteiger partial charge in [0.1, 0.15) is 0 Å². The van der Waals surface area contributed by atoms with Gasteiger partial charge in [-0.3, -0.25) is 4.68 Å². The molecule has 5 nitrogen and oxygen atoms in total. The number of hydrogen-bond donors (Lipinski definition) is 1. The third kappa shape index (κ3) is 2.81. The average Bonchev–Trinajstić information content (AvgIpc) is 2.90. The molecule has 0 radical (unpaired) electrons. The second-order valence-electron chi connectivity index (χ2n) is 4.78. The molecular weight excluding hydrogens is 286 g/mol. The Morgan fingerprint density at radius 2 is 1.86 bits per heavy atom. The van der Waals surface area contributed by atoms with Crippen molar-refractivity contribution in [1.82, 2.24) is 14.5 Å². The van der Waals surface area contributed by atoms with Crippen molar-refractivity contribution in [2.75, 3.05) is 0 Å². The van der Waals surface area contributed by atoms with Crippen LogP contribution in [0.3, 0.4) is 0 Å². The number of nitrogens with zero attached hydrogens (tertiary/aromatic N) is 2. The van der Waals surface area contributed by atoms with Crippen LogP contribution in [0, 0.1) is 0 Å². The van der Waals surface area contributed by atoms with Gasteiger partial charge in [-0.25, -0.2) is 13.1 Å². The molecular formula is C15H15N3O2S. The zero-order valence-corrected chi connectivity index (χ0v) is 12.3. The van der Waals surface area contributed by atoms with Crippen LogP contribution in [0.5, 0.6) is 0 Å². The van der Waals surface area contributed by atoms with E-state index in [0.29, 0.717) is 0 Å². The second kappa shape index (κ2) is 5.31. The normalized spacial score (nSPS) is 11.9. The summed E-state index contributed by atoms with van der Waals surface area (Å²) in [6.07, 6.45) is 1.64. The molecule has 108 valence electrons. The maximum absolute atomic E-state index is 12.3. The summed E-state index contributed by atoms with van der Waals surface area (Å²) >= 11 is 0. The van der Waals surface area contributed by atoms with Crippen LogP contribution in [0.4, 0.5) is 0 Å². The molecule has 0 aliphatic carbocycles. The minimum atomic E-state index is -3.54. The lowest BCUT2D eigenvalue weighted by Crippen LogP contribution is -2.24. The van der Waals surface area contributed by atoms with Crippen LogP contribution in [0.2, 0.25) is 0 Å². The van der Waals surface area contributed by atoms with E-state index in [2.05, 4.69) is 9.82 Å². The van der Waals surface area contributed by atoms with E-state index in [-0.39, 0.29) is 11.4 Å². The first-order valence-corrected chi connectivity index (χ1v) is 8.00. The zero-order valence-electron chi connectivity index (χ0n) is 11.5. The van der Waals surface area contributed by atoms with Gasteiger partial charge in [-0.2, -0.15) is 5.10 Å². The van der Waals surface area contributed by atoms with E-state index in [0.717, 1.165) is 16.5 Å². The first-order chi connectivity index (χ1) is 10.1. The number of rotatable bonds is 4. The molecule has 0 amide bonds. The summed E-state index contributed by atoms with van der Waals surface area (Å²) in [7, 11) is -1.76. The van der Waals surface area contributed by atoms with Crippen LogP contribution in [-0.4, -0.2) is 18.2 Å². The van der Waals surface area contributed by atoms with Gasteiger partial charge in [-0.15, -0.1) is 0 Å². The number of sulfonamides is 1. The fourth-order valence-corrected chi connectivity index (χ4v) is 3.20. The van der Waals surface area contributed by atoms with E-state index >= 15 is 0 Å².